The highest BCUT2D eigenvalue weighted by molar-refractivity contribution is 6.06. The number of carbonyl (C=O) groups is 2. The van der Waals surface area contributed by atoms with Crippen LogP contribution in [0.2, 0.25) is 0 Å². The van der Waals surface area contributed by atoms with Gasteiger partial charge in [0.1, 0.15) is 11.3 Å². The van der Waals surface area contributed by atoms with Gasteiger partial charge in [-0.2, -0.15) is 0 Å². The van der Waals surface area contributed by atoms with Gasteiger partial charge in [0.25, 0.3) is 5.91 Å². The minimum atomic E-state index is -0.979. The molecule has 3 rings (SSSR count). The number of rotatable bonds is 7. The summed E-state index contributed by atoms with van der Waals surface area (Å²) in [6.45, 7) is 1.67. The molecule has 0 aromatic heterocycles. The van der Waals surface area contributed by atoms with E-state index in [1.165, 1.54) is 0 Å². The molecule has 0 saturated carbocycles. The highest BCUT2D eigenvalue weighted by Crippen LogP contribution is 2.26. The zero-order valence-corrected chi connectivity index (χ0v) is 15.5. The molecule has 3 amide bonds. The lowest BCUT2D eigenvalue weighted by atomic mass is 9.93. The van der Waals surface area contributed by atoms with Gasteiger partial charge >= 0.3 is 6.03 Å². The van der Waals surface area contributed by atoms with Crippen molar-refractivity contribution in [2.24, 2.45) is 0 Å². The first-order valence-corrected chi connectivity index (χ1v) is 8.93. The minimum Gasteiger partial charge on any atom is -0.497 e. The molecule has 6 nitrogen and oxygen atoms in total. The van der Waals surface area contributed by atoms with Crippen LogP contribution in [0.1, 0.15) is 30.6 Å². The Balaban J connectivity index is 1.64. The molecule has 6 heteroatoms. The average Bonchev–Trinajstić information content (AvgIpc) is 2.91. The van der Waals surface area contributed by atoms with E-state index in [0.717, 1.165) is 16.2 Å². The number of aliphatic hydroxyl groups excluding tert-OH is 1. The smallest absolute Gasteiger partial charge is 0.325 e. The Bertz CT molecular complexity index is 807. The van der Waals surface area contributed by atoms with E-state index in [9.17, 15) is 14.7 Å². The van der Waals surface area contributed by atoms with E-state index in [0.29, 0.717) is 18.4 Å². The number of methoxy groups -OCH3 is 1. The van der Waals surface area contributed by atoms with Gasteiger partial charge in [0, 0.05) is 0 Å². The SMILES string of the molecule is COc1ccc(CCC2(C)NC(=O)N(CC(O)c3ccccc3)C2=O)cc1. The normalized spacial score (nSPS) is 20.5. The quantitative estimate of drug-likeness (QED) is 0.737. The molecule has 2 N–H and O–H groups in total. The Labute approximate surface area is 158 Å². The van der Waals surface area contributed by atoms with Crippen molar-refractivity contribution in [3.63, 3.8) is 0 Å². The van der Waals surface area contributed by atoms with E-state index in [2.05, 4.69) is 5.32 Å². The monoisotopic (exact) mass is 368 g/mol. The number of nitrogens with zero attached hydrogens (tertiary/aromatic N) is 1. The van der Waals surface area contributed by atoms with Crippen molar-refractivity contribution in [2.75, 3.05) is 13.7 Å². The molecular weight excluding hydrogens is 344 g/mol. The van der Waals surface area contributed by atoms with Crippen LogP contribution in [-0.4, -0.2) is 41.1 Å². The molecular formula is C21H24N2O4. The highest BCUT2D eigenvalue weighted by Gasteiger charge is 2.47. The first kappa shape index (κ1) is 18.9. The van der Waals surface area contributed by atoms with Crippen LogP contribution in [0.3, 0.4) is 0 Å². The Morgan fingerprint density at radius 3 is 2.41 bits per heavy atom. The van der Waals surface area contributed by atoms with Crippen molar-refractivity contribution in [1.82, 2.24) is 10.2 Å². The number of imide groups is 1. The number of nitrogens with one attached hydrogen (secondary N) is 1. The van der Waals surface area contributed by atoms with Crippen LogP contribution in [0.25, 0.3) is 0 Å². The Morgan fingerprint density at radius 2 is 1.78 bits per heavy atom. The van der Waals surface area contributed by atoms with Crippen molar-refractivity contribution in [2.45, 2.75) is 31.4 Å². The fourth-order valence-electron chi connectivity index (χ4n) is 3.22. The summed E-state index contributed by atoms with van der Waals surface area (Å²) in [4.78, 5) is 26.3. The first-order valence-electron chi connectivity index (χ1n) is 8.93. The van der Waals surface area contributed by atoms with E-state index in [4.69, 9.17) is 4.74 Å². The molecule has 1 saturated heterocycles. The number of ether oxygens (including phenoxy) is 1. The van der Waals surface area contributed by atoms with E-state index < -0.39 is 17.7 Å². The predicted octanol–water partition coefficient (Wildman–Crippen LogP) is 2.67. The molecule has 142 valence electrons. The molecule has 1 aliphatic heterocycles. The molecule has 0 bridgehead atoms. The molecule has 2 unspecified atom stereocenters. The van der Waals surface area contributed by atoms with Gasteiger partial charge in [-0.05, 0) is 43.0 Å². The standard InChI is InChI=1S/C21H24N2O4/c1-21(13-12-15-8-10-17(27-2)11-9-15)19(25)23(20(26)22-21)14-18(24)16-6-4-3-5-7-16/h3-11,18,24H,12-14H2,1-2H3,(H,22,26). The molecule has 1 heterocycles. The number of carbonyl (C=O) groups excluding carboxylic acids is 2. The van der Waals surface area contributed by atoms with Crippen molar-refractivity contribution < 1.29 is 19.4 Å². The van der Waals surface area contributed by atoms with E-state index in [-0.39, 0.29) is 12.5 Å². The largest absolute Gasteiger partial charge is 0.497 e. The second-order valence-electron chi connectivity index (χ2n) is 6.95. The van der Waals surface area contributed by atoms with Crippen molar-refractivity contribution in [1.29, 1.82) is 0 Å². The molecule has 1 aliphatic rings. The zero-order valence-electron chi connectivity index (χ0n) is 15.5. The molecule has 2 aromatic carbocycles. The van der Waals surface area contributed by atoms with Crippen molar-refractivity contribution >= 4 is 11.9 Å². The van der Waals surface area contributed by atoms with Gasteiger partial charge < -0.3 is 15.2 Å². The predicted molar refractivity (Wildman–Crippen MR) is 101 cm³/mol. The van der Waals surface area contributed by atoms with Gasteiger partial charge in [-0.25, -0.2) is 4.79 Å². The van der Waals surface area contributed by atoms with Gasteiger partial charge in [0.2, 0.25) is 0 Å². The lowest BCUT2D eigenvalue weighted by Crippen LogP contribution is -2.44. The third-order valence-corrected chi connectivity index (χ3v) is 4.96. The lowest BCUT2D eigenvalue weighted by Gasteiger charge is -2.22. The fourth-order valence-corrected chi connectivity index (χ4v) is 3.22. The second-order valence-corrected chi connectivity index (χ2v) is 6.95. The summed E-state index contributed by atoms with van der Waals surface area (Å²) in [5.74, 6) is 0.465. The second kappa shape index (κ2) is 7.80. The Morgan fingerprint density at radius 1 is 1.11 bits per heavy atom. The summed E-state index contributed by atoms with van der Waals surface area (Å²) in [6.07, 6.45) is 0.202. The van der Waals surface area contributed by atoms with Crippen LogP contribution in [0, 0.1) is 0 Å². The molecule has 27 heavy (non-hydrogen) atoms. The summed E-state index contributed by atoms with van der Waals surface area (Å²) in [6, 6.07) is 16.2. The number of urea groups is 1. The van der Waals surface area contributed by atoms with Crippen LogP contribution in [0.15, 0.2) is 54.6 Å². The average molecular weight is 368 g/mol. The van der Waals surface area contributed by atoms with Crippen LogP contribution in [0.5, 0.6) is 5.75 Å². The molecule has 0 spiro atoms. The van der Waals surface area contributed by atoms with Crippen LogP contribution < -0.4 is 10.1 Å². The van der Waals surface area contributed by atoms with E-state index in [1.54, 1.807) is 26.2 Å². The molecule has 0 radical (unpaired) electrons. The molecule has 1 fully saturated rings. The molecule has 2 atom stereocenters. The summed E-state index contributed by atoms with van der Waals surface area (Å²) >= 11 is 0. The maximum absolute atomic E-state index is 12.8. The number of benzene rings is 2. The topological polar surface area (TPSA) is 78.9 Å². The summed E-state index contributed by atoms with van der Waals surface area (Å²) in [5.41, 5.74) is 0.750. The maximum Gasteiger partial charge on any atom is 0.325 e. The Hall–Kier alpha value is -2.86. The number of aliphatic hydroxyl groups is 1. The summed E-state index contributed by atoms with van der Waals surface area (Å²) in [7, 11) is 1.61. The number of β-amino-alcohol motifs (C(OH)–C–C–N with tert-alkyl or cyclic N) is 1. The number of amides is 3. The first-order chi connectivity index (χ1) is 12.9. The summed E-state index contributed by atoms with van der Waals surface area (Å²) < 4.78 is 5.14. The lowest BCUT2D eigenvalue weighted by molar-refractivity contribution is -0.132. The fraction of sp³-hybridized carbons (Fsp3) is 0.333. The van der Waals surface area contributed by atoms with Crippen molar-refractivity contribution in [3.05, 3.63) is 65.7 Å². The highest BCUT2D eigenvalue weighted by atomic mass is 16.5. The third-order valence-electron chi connectivity index (χ3n) is 4.96. The number of hydrogen-bond donors (Lipinski definition) is 2. The maximum atomic E-state index is 12.8. The minimum absolute atomic E-state index is 0.0627. The van der Waals surface area contributed by atoms with Crippen molar-refractivity contribution in [3.8, 4) is 5.75 Å². The van der Waals surface area contributed by atoms with Gasteiger partial charge in [-0.15, -0.1) is 0 Å². The van der Waals surface area contributed by atoms with E-state index >= 15 is 0 Å². The van der Waals surface area contributed by atoms with Gasteiger partial charge in [-0.3, -0.25) is 9.69 Å². The van der Waals surface area contributed by atoms with Crippen LogP contribution in [0.4, 0.5) is 4.79 Å². The van der Waals surface area contributed by atoms with E-state index in [1.807, 2.05) is 42.5 Å². The summed E-state index contributed by atoms with van der Waals surface area (Å²) in [5, 5.41) is 13.1. The zero-order chi connectivity index (χ0) is 19.4. The van der Waals surface area contributed by atoms with Gasteiger partial charge in [-0.1, -0.05) is 42.5 Å². The Kier molecular flexibility index (Phi) is 5.46. The van der Waals surface area contributed by atoms with Gasteiger partial charge in [0.05, 0.1) is 19.8 Å². The molecule has 2 aromatic rings. The van der Waals surface area contributed by atoms with Gasteiger partial charge in [0.15, 0.2) is 0 Å². The van der Waals surface area contributed by atoms with Crippen LogP contribution >= 0.6 is 0 Å². The third kappa shape index (κ3) is 4.11. The number of aryl methyl sites for hydroxylation is 1. The molecule has 0 aliphatic carbocycles. The number of hydrogen-bond acceptors (Lipinski definition) is 4. The van der Waals surface area contributed by atoms with Crippen LogP contribution in [-0.2, 0) is 11.2 Å².